The molecular formula is C19H13N2OP. The van der Waals surface area contributed by atoms with Crippen LogP contribution in [-0.4, -0.2) is 9.32 Å². The minimum Gasteiger partial charge on any atom is -0.448 e. The van der Waals surface area contributed by atoms with E-state index in [9.17, 15) is 0 Å². The summed E-state index contributed by atoms with van der Waals surface area (Å²) in [5, 5.41) is 1.18. The van der Waals surface area contributed by atoms with Crippen LogP contribution >= 0.6 is 8.30 Å². The third kappa shape index (κ3) is 1.90. The molecule has 3 aromatic carbocycles. The Balaban J connectivity index is 1.85. The average Bonchev–Trinajstić information content (AvgIpc) is 3.02. The smallest absolute Gasteiger partial charge is 0.231 e. The van der Waals surface area contributed by atoms with Crippen LogP contribution in [0.5, 0.6) is 5.75 Å². The van der Waals surface area contributed by atoms with Crippen molar-refractivity contribution in [1.82, 2.24) is 9.32 Å². The Kier molecular flexibility index (Phi) is 2.76. The molecule has 4 aromatic rings. The molecule has 1 aromatic heterocycles. The molecule has 110 valence electrons. The van der Waals surface area contributed by atoms with Crippen molar-refractivity contribution in [1.29, 1.82) is 0 Å². The standard InChI is InChI=1S/C19H13N2OP/c1-2-8-14(9-3-1)23-21-17-12-6-5-11-16(17)20-19(21)15-10-4-7-13-18(15)22-23/h1-13H. The molecule has 1 aliphatic rings. The van der Waals surface area contributed by atoms with Gasteiger partial charge in [0.1, 0.15) is 5.75 Å². The predicted molar refractivity (Wildman–Crippen MR) is 94.2 cm³/mol. The molecule has 0 radical (unpaired) electrons. The van der Waals surface area contributed by atoms with Gasteiger partial charge in [-0.2, -0.15) is 0 Å². The van der Waals surface area contributed by atoms with Crippen LogP contribution in [-0.2, 0) is 0 Å². The number of benzene rings is 3. The normalized spacial score (nSPS) is 15.7. The minimum atomic E-state index is -0.978. The van der Waals surface area contributed by atoms with Crippen LogP contribution in [0.15, 0.2) is 78.9 Å². The first-order valence-electron chi connectivity index (χ1n) is 7.52. The van der Waals surface area contributed by atoms with Crippen LogP contribution in [0.1, 0.15) is 0 Å². The Morgan fingerprint density at radius 1 is 0.783 bits per heavy atom. The van der Waals surface area contributed by atoms with Crippen molar-refractivity contribution >= 4 is 24.6 Å². The van der Waals surface area contributed by atoms with Gasteiger partial charge in [-0.05, 0) is 36.4 Å². The van der Waals surface area contributed by atoms with E-state index in [1.807, 2.05) is 30.3 Å². The molecule has 0 saturated heterocycles. The molecule has 0 spiro atoms. The van der Waals surface area contributed by atoms with E-state index in [0.717, 1.165) is 28.2 Å². The first-order chi connectivity index (χ1) is 11.4. The monoisotopic (exact) mass is 316 g/mol. The molecule has 5 rings (SSSR count). The zero-order valence-corrected chi connectivity index (χ0v) is 13.1. The molecular weight excluding hydrogens is 303 g/mol. The quantitative estimate of drug-likeness (QED) is 0.481. The van der Waals surface area contributed by atoms with E-state index in [1.54, 1.807) is 0 Å². The van der Waals surface area contributed by atoms with Crippen LogP contribution in [0.3, 0.4) is 0 Å². The maximum atomic E-state index is 6.40. The second-order valence-corrected chi connectivity index (χ2v) is 7.08. The molecule has 1 unspecified atom stereocenters. The molecule has 1 aliphatic heterocycles. The van der Waals surface area contributed by atoms with Gasteiger partial charge in [-0.15, -0.1) is 0 Å². The van der Waals surface area contributed by atoms with E-state index in [1.165, 1.54) is 5.30 Å². The van der Waals surface area contributed by atoms with E-state index in [-0.39, 0.29) is 0 Å². The predicted octanol–water partition coefficient (Wildman–Crippen LogP) is 4.58. The molecule has 4 heteroatoms. The molecule has 23 heavy (non-hydrogen) atoms. The van der Waals surface area contributed by atoms with Crippen LogP contribution < -0.4 is 9.83 Å². The minimum absolute atomic E-state index is 0.908. The van der Waals surface area contributed by atoms with Crippen molar-refractivity contribution < 1.29 is 4.52 Å². The van der Waals surface area contributed by atoms with Gasteiger partial charge in [-0.1, -0.05) is 42.5 Å². The fourth-order valence-electron chi connectivity index (χ4n) is 2.96. The molecule has 0 amide bonds. The van der Waals surface area contributed by atoms with Gasteiger partial charge in [-0.25, -0.2) is 4.98 Å². The van der Waals surface area contributed by atoms with Crippen LogP contribution in [0, 0.1) is 0 Å². The lowest BCUT2D eigenvalue weighted by molar-refractivity contribution is 0.607. The SMILES string of the molecule is c1ccc(P2Oc3ccccc3-c3nc4ccccc4n32)cc1. The summed E-state index contributed by atoms with van der Waals surface area (Å²) >= 11 is 0. The summed E-state index contributed by atoms with van der Waals surface area (Å²) in [7, 11) is -0.978. The van der Waals surface area contributed by atoms with Gasteiger partial charge < -0.3 is 4.52 Å². The van der Waals surface area contributed by atoms with Gasteiger partial charge in [0.2, 0.25) is 8.30 Å². The highest BCUT2D eigenvalue weighted by Crippen LogP contribution is 2.51. The summed E-state index contributed by atoms with van der Waals surface area (Å²) in [5.74, 6) is 1.90. The Hall–Kier alpha value is -2.64. The van der Waals surface area contributed by atoms with Crippen LogP contribution in [0.2, 0.25) is 0 Å². The number of aromatic nitrogens is 2. The van der Waals surface area contributed by atoms with Gasteiger partial charge in [0.25, 0.3) is 0 Å². The second-order valence-electron chi connectivity index (χ2n) is 5.43. The van der Waals surface area contributed by atoms with E-state index >= 15 is 0 Å². The summed E-state index contributed by atoms with van der Waals surface area (Å²) in [5.41, 5.74) is 3.18. The summed E-state index contributed by atoms with van der Waals surface area (Å²) < 4.78 is 8.65. The van der Waals surface area contributed by atoms with Crippen molar-refractivity contribution in [2.24, 2.45) is 0 Å². The number of hydrogen-bond acceptors (Lipinski definition) is 2. The lowest BCUT2D eigenvalue weighted by atomic mass is 10.2. The lowest BCUT2D eigenvalue weighted by Gasteiger charge is -2.27. The Morgan fingerprint density at radius 2 is 1.52 bits per heavy atom. The maximum absolute atomic E-state index is 6.40. The van der Waals surface area contributed by atoms with Crippen LogP contribution in [0.4, 0.5) is 0 Å². The summed E-state index contributed by atoms with van der Waals surface area (Å²) in [6, 6.07) is 26.8. The first kappa shape index (κ1) is 12.9. The number of nitrogens with zero attached hydrogens (tertiary/aromatic N) is 2. The number of para-hydroxylation sites is 3. The van der Waals surface area contributed by atoms with E-state index in [2.05, 4.69) is 52.9 Å². The van der Waals surface area contributed by atoms with Crippen molar-refractivity contribution in [3.8, 4) is 17.1 Å². The highest BCUT2D eigenvalue weighted by molar-refractivity contribution is 7.60. The Bertz CT molecular complexity index is 1010. The van der Waals surface area contributed by atoms with E-state index in [4.69, 9.17) is 9.51 Å². The number of rotatable bonds is 1. The van der Waals surface area contributed by atoms with Gasteiger partial charge >= 0.3 is 0 Å². The van der Waals surface area contributed by atoms with Gasteiger partial charge in [0.05, 0.1) is 16.6 Å². The lowest BCUT2D eigenvalue weighted by Crippen LogP contribution is -2.16. The molecule has 0 fully saturated rings. The Labute approximate surface area is 135 Å². The largest absolute Gasteiger partial charge is 0.448 e. The molecule has 0 aliphatic carbocycles. The van der Waals surface area contributed by atoms with Crippen LogP contribution in [0.25, 0.3) is 22.4 Å². The van der Waals surface area contributed by atoms with Gasteiger partial charge in [0.15, 0.2) is 5.82 Å². The van der Waals surface area contributed by atoms with Gasteiger partial charge in [-0.3, -0.25) is 4.34 Å². The fourth-order valence-corrected chi connectivity index (χ4v) is 4.84. The molecule has 2 heterocycles. The number of imidazole rings is 1. The third-order valence-electron chi connectivity index (χ3n) is 4.01. The van der Waals surface area contributed by atoms with Crippen molar-refractivity contribution in [3.05, 3.63) is 78.9 Å². The Morgan fingerprint density at radius 3 is 2.43 bits per heavy atom. The maximum Gasteiger partial charge on any atom is 0.231 e. The summed E-state index contributed by atoms with van der Waals surface area (Å²) in [6.07, 6.45) is 0. The molecule has 0 bridgehead atoms. The molecule has 0 N–H and O–H groups in total. The van der Waals surface area contributed by atoms with E-state index < -0.39 is 8.30 Å². The van der Waals surface area contributed by atoms with E-state index in [0.29, 0.717) is 0 Å². The number of hydrogen-bond donors (Lipinski definition) is 0. The highest BCUT2D eigenvalue weighted by atomic mass is 31.2. The molecule has 1 atom stereocenters. The third-order valence-corrected chi connectivity index (χ3v) is 5.89. The topological polar surface area (TPSA) is 27.1 Å². The number of fused-ring (bicyclic) bond motifs is 5. The summed E-state index contributed by atoms with van der Waals surface area (Å²) in [6.45, 7) is 0. The highest BCUT2D eigenvalue weighted by Gasteiger charge is 2.30. The van der Waals surface area contributed by atoms with Crippen molar-refractivity contribution in [2.75, 3.05) is 0 Å². The zero-order valence-electron chi connectivity index (χ0n) is 12.3. The zero-order chi connectivity index (χ0) is 15.2. The van der Waals surface area contributed by atoms with Crippen molar-refractivity contribution in [2.45, 2.75) is 0 Å². The molecule has 3 nitrogen and oxygen atoms in total. The average molecular weight is 316 g/mol. The van der Waals surface area contributed by atoms with Gasteiger partial charge in [0, 0.05) is 5.30 Å². The first-order valence-corrected chi connectivity index (χ1v) is 8.73. The fraction of sp³-hybridized carbons (Fsp3) is 0. The molecule has 0 saturated carbocycles. The second kappa shape index (κ2) is 4.94. The van der Waals surface area contributed by atoms with Crippen molar-refractivity contribution in [3.63, 3.8) is 0 Å². The summed E-state index contributed by atoms with van der Waals surface area (Å²) in [4.78, 5) is 4.87.